The minimum Gasteiger partial charge on any atom is -0.491 e. The molecule has 0 aromatic heterocycles. The van der Waals surface area contributed by atoms with Gasteiger partial charge in [0.15, 0.2) is 0 Å². The molecular weight excluding hydrogens is 258 g/mol. The molecule has 0 radical (unpaired) electrons. The van der Waals surface area contributed by atoms with Gasteiger partial charge in [0.25, 0.3) is 5.91 Å². The van der Waals surface area contributed by atoms with Crippen LogP contribution in [-0.2, 0) is 4.79 Å². The minimum atomic E-state index is -1.04. The van der Waals surface area contributed by atoms with Crippen LogP contribution in [0.2, 0.25) is 0 Å². The summed E-state index contributed by atoms with van der Waals surface area (Å²) in [5, 5.41) is 11.6. The minimum absolute atomic E-state index is 0.00995. The van der Waals surface area contributed by atoms with E-state index in [2.05, 4.69) is 5.32 Å². The number of nitrogens with one attached hydrogen (secondary N) is 1. The molecular formula is C15H21NO4. The Hall–Kier alpha value is -2.04. The molecule has 0 saturated carbocycles. The van der Waals surface area contributed by atoms with E-state index < -0.39 is 17.9 Å². The molecule has 0 spiro atoms. The van der Waals surface area contributed by atoms with E-state index in [0.717, 1.165) is 0 Å². The second-order valence-corrected chi connectivity index (χ2v) is 5.23. The number of hydrogen-bond donors (Lipinski definition) is 2. The number of ether oxygens (including phenoxy) is 1. The van der Waals surface area contributed by atoms with Crippen molar-refractivity contribution in [1.82, 2.24) is 5.32 Å². The Balaban J connectivity index is 2.84. The average molecular weight is 279 g/mol. The molecule has 0 bridgehead atoms. The van der Waals surface area contributed by atoms with Crippen molar-refractivity contribution in [3.63, 3.8) is 0 Å². The van der Waals surface area contributed by atoms with Crippen molar-refractivity contribution in [3.05, 3.63) is 29.8 Å². The SMILES string of the molecule is CC(C)Oc1cccc(C(=O)N[C@H](C(=O)O)C(C)C)c1. The van der Waals surface area contributed by atoms with Crippen LogP contribution in [0.5, 0.6) is 5.75 Å². The van der Waals surface area contributed by atoms with Gasteiger partial charge < -0.3 is 15.2 Å². The van der Waals surface area contributed by atoms with Crippen molar-refractivity contribution >= 4 is 11.9 Å². The summed E-state index contributed by atoms with van der Waals surface area (Å²) in [7, 11) is 0. The van der Waals surface area contributed by atoms with E-state index in [0.29, 0.717) is 11.3 Å². The summed E-state index contributed by atoms with van der Waals surface area (Å²) in [4.78, 5) is 23.2. The van der Waals surface area contributed by atoms with Crippen LogP contribution in [0.4, 0.5) is 0 Å². The Bertz CT molecular complexity index is 483. The van der Waals surface area contributed by atoms with Gasteiger partial charge >= 0.3 is 5.97 Å². The molecule has 1 amide bonds. The molecule has 0 aliphatic carbocycles. The quantitative estimate of drug-likeness (QED) is 0.838. The number of carbonyl (C=O) groups excluding carboxylic acids is 1. The van der Waals surface area contributed by atoms with Crippen molar-refractivity contribution in [3.8, 4) is 5.75 Å². The highest BCUT2D eigenvalue weighted by molar-refractivity contribution is 5.96. The number of carboxylic acid groups (broad SMARTS) is 1. The summed E-state index contributed by atoms with van der Waals surface area (Å²) in [6, 6.07) is 5.79. The summed E-state index contributed by atoms with van der Waals surface area (Å²) in [6.45, 7) is 7.28. The molecule has 1 rings (SSSR count). The first-order chi connectivity index (χ1) is 9.31. The summed E-state index contributed by atoms with van der Waals surface area (Å²) < 4.78 is 5.51. The van der Waals surface area contributed by atoms with Gasteiger partial charge in [0.2, 0.25) is 0 Å². The average Bonchev–Trinajstić information content (AvgIpc) is 2.34. The molecule has 0 aliphatic heterocycles. The Kier molecular flexibility index (Phi) is 5.55. The lowest BCUT2D eigenvalue weighted by atomic mass is 10.0. The third kappa shape index (κ3) is 4.57. The van der Waals surface area contributed by atoms with Gasteiger partial charge in [-0.05, 0) is 38.0 Å². The van der Waals surface area contributed by atoms with Crippen LogP contribution in [0.15, 0.2) is 24.3 Å². The van der Waals surface area contributed by atoms with Gasteiger partial charge in [-0.1, -0.05) is 19.9 Å². The van der Waals surface area contributed by atoms with Crippen molar-refractivity contribution in [2.45, 2.75) is 39.8 Å². The highest BCUT2D eigenvalue weighted by Gasteiger charge is 2.24. The third-order valence-corrected chi connectivity index (χ3v) is 2.69. The summed E-state index contributed by atoms with van der Waals surface area (Å²) >= 11 is 0. The Morgan fingerprint density at radius 3 is 2.35 bits per heavy atom. The Labute approximate surface area is 118 Å². The van der Waals surface area contributed by atoms with Crippen LogP contribution in [0.1, 0.15) is 38.1 Å². The lowest BCUT2D eigenvalue weighted by Gasteiger charge is -2.18. The largest absolute Gasteiger partial charge is 0.491 e. The lowest BCUT2D eigenvalue weighted by molar-refractivity contribution is -0.140. The van der Waals surface area contributed by atoms with Gasteiger partial charge in [0.1, 0.15) is 11.8 Å². The number of carboxylic acids is 1. The molecule has 0 unspecified atom stereocenters. The second-order valence-electron chi connectivity index (χ2n) is 5.23. The third-order valence-electron chi connectivity index (χ3n) is 2.69. The number of aliphatic carboxylic acids is 1. The van der Waals surface area contributed by atoms with E-state index in [1.165, 1.54) is 0 Å². The first kappa shape index (κ1) is 16.0. The molecule has 5 nitrogen and oxygen atoms in total. The molecule has 0 aliphatic rings. The zero-order valence-electron chi connectivity index (χ0n) is 12.2. The number of amides is 1. The maximum Gasteiger partial charge on any atom is 0.326 e. The molecule has 0 heterocycles. The zero-order valence-corrected chi connectivity index (χ0v) is 12.2. The van der Waals surface area contributed by atoms with Gasteiger partial charge in [-0.25, -0.2) is 4.79 Å². The molecule has 1 aromatic rings. The van der Waals surface area contributed by atoms with Crippen LogP contribution >= 0.6 is 0 Å². The Morgan fingerprint density at radius 1 is 1.20 bits per heavy atom. The maximum atomic E-state index is 12.1. The first-order valence-electron chi connectivity index (χ1n) is 6.61. The summed E-state index contributed by atoms with van der Waals surface area (Å²) in [5.41, 5.74) is 0.384. The van der Waals surface area contributed by atoms with Crippen LogP contribution < -0.4 is 10.1 Å². The Morgan fingerprint density at radius 2 is 1.85 bits per heavy atom. The monoisotopic (exact) mass is 279 g/mol. The van der Waals surface area contributed by atoms with Crippen molar-refractivity contribution in [1.29, 1.82) is 0 Å². The number of carbonyl (C=O) groups is 2. The van der Waals surface area contributed by atoms with Gasteiger partial charge in [-0.15, -0.1) is 0 Å². The van der Waals surface area contributed by atoms with E-state index in [1.807, 2.05) is 13.8 Å². The summed E-state index contributed by atoms with van der Waals surface area (Å²) in [5.74, 6) is -1.06. The highest BCUT2D eigenvalue weighted by atomic mass is 16.5. The fraction of sp³-hybridized carbons (Fsp3) is 0.467. The maximum absolute atomic E-state index is 12.1. The molecule has 20 heavy (non-hydrogen) atoms. The van der Waals surface area contributed by atoms with Crippen molar-refractivity contribution in [2.75, 3.05) is 0 Å². The van der Waals surface area contributed by atoms with E-state index in [-0.39, 0.29) is 12.0 Å². The van der Waals surface area contributed by atoms with E-state index in [9.17, 15) is 9.59 Å². The van der Waals surface area contributed by atoms with E-state index >= 15 is 0 Å². The van der Waals surface area contributed by atoms with Crippen molar-refractivity contribution in [2.24, 2.45) is 5.92 Å². The topological polar surface area (TPSA) is 75.6 Å². The molecule has 110 valence electrons. The first-order valence-corrected chi connectivity index (χ1v) is 6.61. The fourth-order valence-corrected chi connectivity index (χ4v) is 1.72. The number of benzene rings is 1. The molecule has 5 heteroatoms. The van der Waals surface area contributed by atoms with Gasteiger partial charge in [-0.2, -0.15) is 0 Å². The zero-order chi connectivity index (χ0) is 15.3. The number of rotatable bonds is 6. The fourth-order valence-electron chi connectivity index (χ4n) is 1.72. The smallest absolute Gasteiger partial charge is 0.326 e. The predicted octanol–water partition coefficient (Wildman–Crippen LogP) is 2.31. The molecule has 2 N–H and O–H groups in total. The van der Waals surface area contributed by atoms with E-state index in [1.54, 1.807) is 38.1 Å². The van der Waals surface area contributed by atoms with Crippen molar-refractivity contribution < 1.29 is 19.4 Å². The molecule has 0 fully saturated rings. The molecule has 1 aromatic carbocycles. The second kappa shape index (κ2) is 6.93. The van der Waals surface area contributed by atoms with Crippen LogP contribution in [0.25, 0.3) is 0 Å². The standard InChI is InChI=1S/C15H21NO4/c1-9(2)13(15(18)19)16-14(17)11-6-5-7-12(8-11)20-10(3)4/h5-10,13H,1-4H3,(H,16,17)(H,18,19)/t13-/m0/s1. The van der Waals surface area contributed by atoms with Crippen LogP contribution in [-0.4, -0.2) is 29.1 Å². The van der Waals surface area contributed by atoms with Gasteiger partial charge in [0, 0.05) is 5.56 Å². The van der Waals surface area contributed by atoms with Crippen LogP contribution in [0, 0.1) is 5.92 Å². The molecule has 0 saturated heterocycles. The lowest BCUT2D eigenvalue weighted by Crippen LogP contribution is -2.44. The van der Waals surface area contributed by atoms with Crippen LogP contribution in [0.3, 0.4) is 0 Å². The van der Waals surface area contributed by atoms with Gasteiger partial charge in [-0.3, -0.25) is 4.79 Å². The van der Waals surface area contributed by atoms with Gasteiger partial charge in [0.05, 0.1) is 6.10 Å². The normalized spacial score (nSPS) is 12.3. The molecule has 1 atom stereocenters. The van der Waals surface area contributed by atoms with E-state index in [4.69, 9.17) is 9.84 Å². The number of hydrogen-bond acceptors (Lipinski definition) is 3. The summed E-state index contributed by atoms with van der Waals surface area (Å²) in [6.07, 6.45) is 0.00995. The predicted molar refractivity (Wildman–Crippen MR) is 75.9 cm³/mol. The highest BCUT2D eigenvalue weighted by Crippen LogP contribution is 2.15.